The van der Waals surface area contributed by atoms with Gasteiger partial charge in [0.15, 0.2) is 5.82 Å². The number of hydrogen-bond acceptors (Lipinski definition) is 3. The Labute approximate surface area is 106 Å². The summed E-state index contributed by atoms with van der Waals surface area (Å²) in [5, 5.41) is 4.39. The summed E-state index contributed by atoms with van der Waals surface area (Å²) in [6.07, 6.45) is 4.73. The van der Waals surface area contributed by atoms with Gasteiger partial charge in [0.2, 0.25) is 0 Å². The Kier molecular flexibility index (Phi) is 3.84. The van der Waals surface area contributed by atoms with Gasteiger partial charge in [0.1, 0.15) is 5.52 Å². The minimum atomic E-state index is 0.607. The van der Waals surface area contributed by atoms with Gasteiger partial charge < -0.3 is 4.90 Å². The molecule has 0 N–H and O–H groups in total. The van der Waals surface area contributed by atoms with Crippen molar-refractivity contribution < 1.29 is 0 Å². The molecule has 0 aliphatic carbocycles. The molecule has 0 aliphatic rings. The molecule has 0 spiro atoms. The Balaban J connectivity index is 2.44. The number of nitrogens with zero attached hydrogens (tertiary/aromatic N) is 4. The first-order chi connectivity index (χ1) is 8.26. The first-order valence-electron chi connectivity index (χ1n) is 5.88. The molecule has 17 heavy (non-hydrogen) atoms. The molecule has 0 amide bonds. The van der Waals surface area contributed by atoms with Crippen LogP contribution in [-0.2, 0) is 0 Å². The summed E-state index contributed by atoms with van der Waals surface area (Å²) in [6, 6.07) is 2.05. The third-order valence-electron chi connectivity index (χ3n) is 2.64. The summed E-state index contributed by atoms with van der Waals surface area (Å²) in [6.45, 7) is 5.92. The molecule has 0 aromatic carbocycles. The smallest absolute Gasteiger partial charge is 0.154 e. The zero-order valence-electron chi connectivity index (χ0n) is 10.2. The number of alkyl halides is 1. The third kappa shape index (κ3) is 2.52. The van der Waals surface area contributed by atoms with Crippen LogP contribution in [0.1, 0.15) is 19.0 Å². The highest BCUT2D eigenvalue weighted by molar-refractivity contribution is 6.18. The summed E-state index contributed by atoms with van der Waals surface area (Å²) in [5.74, 6) is 1.58. The number of halogens is 1. The second-order valence-electron chi connectivity index (χ2n) is 4.04. The van der Waals surface area contributed by atoms with E-state index in [0.717, 1.165) is 36.5 Å². The van der Waals surface area contributed by atoms with Crippen LogP contribution >= 0.6 is 11.6 Å². The predicted molar refractivity (Wildman–Crippen MR) is 70.9 cm³/mol. The van der Waals surface area contributed by atoms with Crippen molar-refractivity contribution in [3.63, 3.8) is 0 Å². The van der Waals surface area contributed by atoms with E-state index in [-0.39, 0.29) is 0 Å². The lowest BCUT2D eigenvalue weighted by molar-refractivity contribution is 0.777. The summed E-state index contributed by atoms with van der Waals surface area (Å²) in [7, 11) is 0. The van der Waals surface area contributed by atoms with Crippen LogP contribution < -0.4 is 4.90 Å². The van der Waals surface area contributed by atoms with Crippen molar-refractivity contribution in [1.29, 1.82) is 0 Å². The largest absolute Gasteiger partial charge is 0.354 e. The molecule has 0 atom stereocenters. The van der Waals surface area contributed by atoms with Gasteiger partial charge in [0, 0.05) is 31.4 Å². The Morgan fingerprint density at radius 3 is 2.94 bits per heavy atom. The van der Waals surface area contributed by atoms with E-state index in [4.69, 9.17) is 11.6 Å². The molecule has 0 radical (unpaired) electrons. The van der Waals surface area contributed by atoms with Crippen LogP contribution in [-0.4, -0.2) is 33.6 Å². The molecular formula is C12H17ClN4. The Morgan fingerprint density at radius 2 is 2.24 bits per heavy atom. The van der Waals surface area contributed by atoms with Crippen LogP contribution in [0.5, 0.6) is 0 Å². The van der Waals surface area contributed by atoms with Crippen LogP contribution in [0.4, 0.5) is 5.82 Å². The molecule has 2 rings (SSSR count). The van der Waals surface area contributed by atoms with E-state index in [0.29, 0.717) is 5.88 Å². The van der Waals surface area contributed by atoms with Crippen molar-refractivity contribution in [3.8, 4) is 0 Å². The van der Waals surface area contributed by atoms with Crippen molar-refractivity contribution in [2.75, 3.05) is 23.9 Å². The quantitative estimate of drug-likeness (QED) is 0.767. The fourth-order valence-corrected chi connectivity index (χ4v) is 2.17. The predicted octanol–water partition coefficient (Wildman–Crippen LogP) is 2.49. The molecule has 2 aromatic heterocycles. The lowest BCUT2D eigenvalue weighted by Gasteiger charge is -2.22. The molecule has 92 valence electrons. The lowest BCUT2D eigenvalue weighted by Crippen LogP contribution is -2.27. The second kappa shape index (κ2) is 5.36. The van der Waals surface area contributed by atoms with Crippen LogP contribution in [0.2, 0.25) is 0 Å². The molecule has 0 saturated carbocycles. The van der Waals surface area contributed by atoms with E-state index >= 15 is 0 Å². The van der Waals surface area contributed by atoms with E-state index < -0.39 is 0 Å². The Bertz CT molecular complexity index is 488. The maximum Gasteiger partial charge on any atom is 0.154 e. The van der Waals surface area contributed by atoms with Gasteiger partial charge in [-0.3, -0.25) is 0 Å². The number of anilines is 1. The molecule has 0 unspecified atom stereocenters. The van der Waals surface area contributed by atoms with Gasteiger partial charge in [-0.05, 0) is 19.4 Å². The fourth-order valence-electron chi connectivity index (χ4n) is 1.97. The highest BCUT2D eigenvalue weighted by Gasteiger charge is 2.11. The molecule has 2 heterocycles. The summed E-state index contributed by atoms with van der Waals surface area (Å²) in [5.41, 5.74) is 2.05. The average molecular weight is 253 g/mol. The molecule has 0 aliphatic heterocycles. The van der Waals surface area contributed by atoms with E-state index in [1.54, 1.807) is 6.20 Å². The summed E-state index contributed by atoms with van der Waals surface area (Å²) in [4.78, 5) is 6.68. The highest BCUT2D eigenvalue weighted by Crippen LogP contribution is 2.19. The van der Waals surface area contributed by atoms with E-state index in [9.17, 15) is 0 Å². The Morgan fingerprint density at radius 1 is 1.41 bits per heavy atom. The second-order valence-corrected chi connectivity index (χ2v) is 4.42. The van der Waals surface area contributed by atoms with Gasteiger partial charge >= 0.3 is 0 Å². The minimum absolute atomic E-state index is 0.607. The fraction of sp³-hybridized carbons (Fsp3) is 0.500. The normalized spacial score (nSPS) is 11.0. The van der Waals surface area contributed by atoms with Crippen LogP contribution in [0.15, 0.2) is 18.5 Å². The number of aromatic nitrogens is 3. The van der Waals surface area contributed by atoms with Gasteiger partial charge in [-0.15, -0.1) is 11.6 Å². The minimum Gasteiger partial charge on any atom is -0.354 e. The van der Waals surface area contributed by atoms with Crippen molar-refractivity contribution >= 4 is 22.9 Å². The van der Waals surface area contributed by atoms with Gasteiger partial charge in [0.25, 0.3) is 0 Å². The lowest BCUT2D eigenvalue weighted by atomic mass is 10.3. The third-order valence-corrected chi connectivity index (χ3v) is 2.81. The summed E-state index contributed by atoms with van der Waals surface area (Å²) >= 11 is 5.85. The van der Waals surface area contributed by atoms with Gasteiger partial charge in [-0.1, -0.05) is 6.92 Å². The van der Waals surface area contributed by atoms with Crippen molar-refractivity contribution in [3.05, 3.63) is 24.2 Å². The molecular weight excluding hydrogens is 236 g/mol. The first kappa shape index (κ1) is 12.2. The van der Waals surface area contributed by atoms with E-state index in [2.05, 4.69) is 28.0 Å². The maximum atomic E-state index is 5.85. The Hall–Kier alpha value is -1.29. The van der Waals surface area contributed by atoms with Crippen LogP contribution in [0.3, 0.4) is 0 Å². The topological polar surface area (TPSA) is 33.4 Å². The van der Waals surface area contributed by atoms with Gasteiger partial charge in [-0.2, -0.15) is 5.10 Å². The standard InChI is InChI=1S/C12H17ClN4/c1-3-6-16(7-4-13)12-11-9-10(2)15-17(11)8-5-14-12/h5,8-9H,3-4,6-7H2,1-2H3. The zero-order chi connectivity index (χ0) is 12.3. The number of fused-ring (bicyclic) bond motifs is 1. The average Bonchev–Trinajstić information content (AvgIpc) is 2.68. The molecule has 0 fully saturated rings. The number of aryl methyl sites for hydroxylation is 1. The first-order valence-corrected chi connectivity index (χ1v) is 6.41. The monoisotopic (exact) mass is 252 g/mol. The van der Waals surface area contributed by atoms with Gasteiger partial charge in [-0.25, -0.2) is 9.50 Å². The summed E-state index contributed by atoms with van der Waals surface area (Å²) < 4.78 is 1.87. The molecule has 0 bridgehead atoms. The van der Waals surface area contributed by atoms with Crippen molar-refractivity contribution in [1.82, 2.24) is 14.6 Å². The van der Waals surface area contributed by atoms with Crippen LogP contribution in [0.25, 0.3) is 5.52 Å². The van der Waals surface area contributed by atoms with Crippen molar-refractivity contribution in [2.24, 2.45) is 0 Å². The molecule has 5 heteroatoms. The molecule has 2 aromatic rings. The number of hydrogen-bond donors (Lipinski definition) is 0. The highest BCUT2D eigenvalue weighted by atomic mass is 35.5. The molecule has 4 nitrogen and oxygen atoms in total. The van der Waals surface area contributed by atoms with E-state index in [1.807, 2.05) is 17.6 Å². The van der Waals surface area contributed by atoms with Crippen LogP contribution in [0, 0.1) is 6.92 Å². The maximum absolute atomic E-state index is 5.85. The van der Waals surface area contributed by atoms with Gasteiger partial charge in [0.05, 0.1) is 5.69 Å². The zero-order valence-corrected chi connectivity index (χ0v) is 11.0. The molecule has 0 saturated heterocycles. The van der Waals surface area contributed by atoms with Crippen molar-refractivity contribution in [2.45, 2.75) is 20.3 Å². The number of rotatable bonds is 5. The van der Waals surface area contributed by atoms with E-state index in [1.165, 1.54) is 0 Å². The SMILES string of the molecule is CCCN(CCCl)c1nccn2nc(C)cc12.